The largest absolute Gasteiger partial charge is 0.493 e. The van der Waals surface area contributed by atoms with Crippen molar-refractivity contribution in [2.45, 2.75) is 26.7 Å². The number of hydrogen-bond donors (Lipinski definition) is 1. The number of nitrogens with one attached hydrogen (secondary N) is 1. The van der Waals surface area contributed by atoms with Gasteiger partial charge in [-0.15, -0.1) is 0 Å². The van der Waals surface area contributed by atoms with Gasteiger partial charge in [0.2, 0.25) is 5.91 Å². The quantitative estimate of drug-likeness (QED) is 0.871. The van der Waals surface area contributed by atoms with E-state index in [4.69, 9.17) is 4.74 Å². The van der Waals surface area contributed by atoms with Gasteiger partial charge in [0.05, 0.1) is 13.0 Å². The van der Waals surface area contributed by atoms with E-state index in [0.29, 0.717) is 13.0 Å². The van der Waals surface area contributed by atoms with E-state index in [2.05, 4.69) is 12.2 Å². The standard InChI is InChI=1S/C18H21NO2/c1-3-15-7-9-17(10-8-15)21-12-11-18(20)19-16-6-4-5-14(2)13-16/h4-10,13H,3,11-12H2,1-2H3,(H,19,20). The second-order valence-corrected chi connectivity index (χ2v) is 5.01. The van der Waals surface area contributed by atoms with Crippen LogP contribution >= 0.6 is 0 Å². The van der Waals surface area contributed by atoms with Crippen molar-refractivity contribution >= 4 is 11.6 Å². The van der Waals surface area contributed by atoms with Crippen molar-refractivity contribution in [1.29, 1.82) is 0 Å². The minimum atomic E-state index is -0.0363. The molecule has 0 radical (unpaired) electrons. The summed E-state index contributed by atoms with van der Waals surface area (Å²) in [5.41, 5.74) is 3.23. The number of carbonyl (C=O) groups excluding carboxylic acids is 1. The Morgan fingerprint density at radius 1 is 1.14 bits per heavy atom. The average Bonchev–Trinajstić information content (AvgIpc) is 2.48. The van der Waals surface area contributed by atoms with Crippen LogP contribution < -0.4 is 10.1 Å². The molecule has 0 aromatic heterocycles. The molecule has 0 aliphatic heterocycles. The first-order chi connectivity index (χ1) is 10.2. The molecule has 1 amide bonds. The minimum Gasteiger partial charge on any atom is -0.493 e. The molecule has 0 fully saturated rings. The van der Waals surface area contributed by atoms with Crippen LogP contribution in [0.15, 0.2) is 48.5 Å². The highest BCUT2D eigenvalue weighted by Gasteiger charge is 2.03. The molecule has 0 saturated heterocycles. The summed E-state index contributed by atoms with van der Waals surface area (Å²) >= 11 is 0. The van der Waals surface area contributed by atoms with Crippen LogP contribution in [0.4, 0.5) is 5.69 Å². The zero-order valence-electron chi connectivity index (χ0n) is 12.6. The van der Waals surface area contributed by atoms with Crippen molar-refractivity contribution in [3.05, 3.63) is 59.7 Å². The average molecular weight is 283 g/mol. The van der Waals surface area contributed by atoms with Gasteiger partial charge in [-0.2, -0.15) is 0 Å². The molecule has 0 bridgehead atoms. The Kier molecular flexibility index (Phi) is 5.38. The zero-order valence-corrected chi connectivity index (χ0v) is 12.6. The Hall–Kier alpha value is -2.29. The number of aryl methyl sites for hydroxylation is 2. The van der Waals surface area contributed by atoms with E-state index in [1.54, 1.807) is 0 Å². The summed E-state index contributed by atoms with van der Waals surface area (Å²) in [6.07, 6.45) is 1.35. The summed E-state index contributed by atoms with van der Waals surface area (Å²) in [7, 11) is 0. The van der Waals surface area contributed by atoms with E-state index < -0.39 is 0 Å². The van der Waals surface area contributed by atoms with Crippen molar-refractivity contribution < 1.29 is 9.53 Å². The molecule has 2 aromatic carbocycles. The first-order valence-electron chi connectivity index (χ1n) is 7.25. The molecule has 0 unspecified atom stereocenters. The van der Waals surface area contributed by atoms with Gasteiger partial charge in [-0.05, 0) is 48.7 Å². The third kappa shape index (κ3) is 4.95. The molecule has 3 nitrogen and oxygen atoms in total. The molecule has 0 aliphatic carbocycles. The number of hydrogen-bond acceptors (Lipinski definition) is 2. The smallest absolute Gasteiger partial charge is 0.227 e. The van der Waals surface area contributed by atoms with Crippen molar-refractivity contribution in [2.24, 2.45) is 0 Å². The first-order valence-corrected chi connectivity index (χ1v) is 7.25. The maximum atomic E-state index is 11.8. The Labute approximate surface area is 126 Å². The Balaban J connectivity index is 1.76. The van der Waals surface area contributed by atoms with Gasteiger partial charge in [0, 0.05) is 5.69 Å². The highest BCUT2D eigenvalue weighted by atomic mass is 16.5. The summed E-state index contributed by atoms with van der Waals surface area (Å²) < 4.78 is 5.58. The fourth-order valence-electron chi connectivity index (χ4n) is 2.03. The van der Waals surface area contributed by atoms with Crippen LogP contribution in [-0.4, -0.2) is 12.5 Å². The molecule has 0 spiro atoms. The van der Waals surface area contributed by atoms with Gasteiger partial charge in [0.25, 0.3) is 0 Å². The second kappa shape index (κ2) is 7.48. The molecule has 0 heterocycles. The third-order valence-electron chi connectivity index (χ3n) is 3.23. The summed E-state index contributed by atoms with van der Waals surface area (Å²) in [4.78, 5) is 11.8. The van der Waals surface area contributed by atoms with Gasteiger partial charge in [0.15, 0.2) is 0 Å². The van der Waals surface area contributed by atoms with E-state index in [1.807, 2.05) is 55.5 Å². The van der Waals surface area contributed by atoms with Crippen LogP contribution in [0.1, 0.15) is 24.5 Å². The molecule has 0 aliphatic rings. The van der Waals surface area contributed by atoms with Crippen LogP contribution in [0, 0.1) is 6.92 Å². The van der Waals surface area contributed by atoms with Crippen LogP contribution in [0.25, 0.3) is 0 Å². The van der Waals surface area contributed by atoms with Crippen molar-refractivity contribution in [2.75, 3.05) is 11.9 Å². The maximum Gasteiger partial charge on any atom is 0.227 e. The van der Waals surface area contributed by atoms with Crippen molar-refractivity contribution in [1.82, 2.24) is 0 Å². The lowest BCUT2D eigenvalue weighted by Crippen LogP contribution is -2.15. The highest BCUT2D eigenvalue weighted by Crippen LogP contribution is 2.13. The van der Waals surface area contributed by atoms with Gasteiger partial charge < -0.3 is 10.1 Å². The molecule has 3 heteroatoms. The number of amides is 1. The highest BCUT2D eigenvalue weighted by molar-refractivity contribution is 5.90. The zero-order chi connectivity index (χ0) is 15.1. The molecule has 0 atom stereocenters. The summed E-state index contributed by atoms with van der Waals surface area (Å²) in [5, 5.41) is 2.87. The van der Waals surface area contributed by atoms with Crippen molar-refractivity contribution in [3.8, 4) is 5.75 Å². The van der Waals surface area contributed by atoms with Gasteiger partial charge in [-0.3, -0.25) is 4.79 Å². The van der Waals surface area contributed by atoms with Gasteiger partial charge >= 0.3 is 0 Å². The van der Waals surface area contributed by atoms with Crippen LogP contribution in [-0.2, 0) is 11.2 Å². The molecular weight excluding hydrogens is 262 g/mol. The first kappa shape index (κ1) is 15.1. The normalized spacial score (nSPS) is 10.2. The minimum absolute atomic E-state index is 0.0363. The SMILES string of the molecule is CCc1ccc(OCCC(=O)Nc2cccc(C)c2)cc1. The summed E-state index contributed by atoms with van der Waals surface area (Å²) in [6, 6.07) is 15.7. The van der Waals surface area contributed by atoms with Gasteiger partial charge in [-0.25, -0.2) is 0 Å². The van der Waals surface area contributed by atoms with E-state index in [9.17, 15) is 4.79 Å². The van der Waals surface area contributed by atoms with Crippen LogP contribution in [0.3, 0.4) is 0 Å². The number of anilines is 1. The lowest BCUT2D eigenvalue weighted by Gasteiger charge is -2.08. The fraction of sp³-hybridized carbons (Fsp3) is 0.278. The third-order valence-corrected chi connectivity index (χ3v) is 3.23. The number of benzene rings is 2. The molecule has 0 saturated carbocycles. The lowest BCUT2D eigenvalue weighted by molar-refractivity contribution is -0.116. The predicted molar refractivity (Wildman–Crippen MR) is 85.7 cm³/mol. The van der Waals surface area contributed by atoms with E-state index in [0.717, 1.165) is 23.4 Å². The fourth-order valence-corrected chi connectivity index (χ4v) is 2.03. The monoisotopic (exact) mass is 283 g/mol. The van der Waals surface area contributed by atoms with Gasteiger partial charge in [0.1, 0.15) is 5.75 Å². The number of ether oxygens (including phenoxy) is 1. The summed E-state index contributed by atoms with van der Waals surface area (Å²) in [6.45, 7) is 4.49. The Bertz CT molecular complexity index is 590. The summed E-state index contributed by atoms with van der Waals surface area (Å²) in [5.74, 6) is 0.765. The maximum absolute atomic E-state index is 11.8. The van der Waals surface area contributed by atoms with E-state index in [1.165, 1.54) is 5.56 Å². The second-order valence-electron chi connectivity index (χ2n) is 5.01. The molecular formula is C18H21NO2. The topological polar surface area (TPSA) is 38.3 Å². The van der Waals surface area contributed by atoms with Crippen molar-refractivity contribution in [3.63, 3.8) is 0 Å². The van der Waals surface area contributed by atoms with Crippen LogP contribution in [0.5, 0.6) is 5.75 Å². The molecule has 1 N–H and O–H groups in total. The lowest BCUT2D eigenvalue weighted by atomic mass is 10.2. The van der Waals surface area contributed by atoms with Gasteiger partial charge in [-0.1, -0.05) is 31.2 Å². The van der Waals surface area contributed by atoms with Crippen LogP contribution in [0.2, 0.25) is 0 Å². The van der Waals surface area contributed by atoms with E-state index in [-0.39, 0.29) is 5.91 Å². The Morgan fingerprint density at radius 3 is 2.57 bits per heavy atom. The number of carbonyl (C=O) groups is 1. The molecule has 110 valence electrons. The Morgan fingerprint density at radius 2 is 1.90 bits per heavy atom. The predicted octanol–water partition coefficient (Wildman–Crippen LogP) is 3.97. The molecule has 2 rings (SSSR count). The molecule has 21 heavy (non-hydrogen) atoms. The van der Waals surface area contributed by atoms with E-state index >= 15 is 0 Å². The number of rotatable bonds is 6. The molecule has 2 aromatic rings.